The van der Waals surface area contributed by atoms with Crippen molar-refractivity contribution >= 4 is 27.3 Å². The molecule has 1 amide bonds. The largest absolute Gasteiger partial charge is 0.324 e. The molecule has 0 bridgehead atoms. The number of anilines is 2. The van der Waals surface area contributed by atoms with E-state index in [-0.39, 0.29) is 4.90 Å². The zero-order chi connectivity index (χ0) is 18.8. The number of carbonyl (C=O) groups is 1. The summed E-state index contributed by atoms with van der Waals surface area (Å²) >= 11 is 0. The number of sulfonamides is 1. The summed E-state index contributed by atoms with van der Waals surface area (Å²) in [6.45, 7) is 6.73. The second kappa shape index (κ2) is 6.85. The van der Waals surface area contributed by atoms with Gasteiger partial charge in [0.05, 0.1) is 10.4 Å². The Morgan fingerprint density at radius 1 is 1.04 bits per heavy atom. The SMILES string of the molecule is Cc1cccc(NS(=O)(=O)c2cc(NC(=O)C(C)(C)N)ccc2C)c1. The van der Waals surface area contributed by atoms with Crippen LogP contribution >= 0.6 is 0 Å². The van der Waals surface area contributed by atoms with Crippen molar-refractivity contribution < 1.29 is 13.2 Å². The first-order valence-electron chi connectivity index (χ1n) is 7.79. The highest BCUT2D eigenvalue weighted by Gasteiger charge is 2.23. The van der Waals surface area contributed by atoms with Crippen molar-refractivity contribution in [1.29, 1.82) is 0 Å². The Morgan fingerprint density at radius 3 is 2.32 bits per heavy atom. The lowest BCUT2D eigenvalue weighted by atomic mass is 10.1. The molecule has 2 aromatic rings. The molecule has 4 N–H and O–H groups in total. The molecule has 6 nitrogen and oxygen atoms in total. The maximum absolute atomic E-state index is 12.7. The summed E-state index contributed by atoms with van der Waals surface area (Å²) in [5.74, 6) is -0.397. The van der Waals surface area contributed by atoms with Gasteiger partial charge in [0.2, 0.25) is 5.91 Å². The molecule has 0 aromatic heterocycles. The Bertz CT molecular complexity index is 900. The van der Waals surface area contributed by atoms with Crippen LogP contribution in [0.4, 0.5) is 11.4 Å². The summed E-state index contributed by atoms with van der Waals surface area (Å²) in [6.07, 6.45) is 0. The number of amides is 1. The van der Waals surface area contributed by atoms with Crippen molar-refractivity contribution in [1.82, 2.24) is 0 Å². The topological polar surface area (TPSA) is 101 Å². The van der Waals surface area contributed by atoms with Crippen LogP contribution in [0.25, 0.3) is 0 Å². The Balaban J connectivity index is 2.34. The van der Waals surface area contributed by atoms with E-state index in [1.54, 1.807) is 51.1 Å². The van der Waals surface area contributed by atoms with Gasteiger partial charge in [-0.15, -0.1) is 0 Å². The van der Waals surface area contributed by atoms with E-state index < -0.39 is 21.5 Å². The van der Waals surface area contributed by atoms with E-state index in [9.17, 15) is 13.2 Å². The lowest BCUT2D eigenvalue weighted by Crippen LogP contribution is -2.45. The van der Waals surface area contributed by atoms with Crippen LogP contribution in [0.15, 0.2) is 47.4 Å². The molecule has 0 aliphatic rings. The van der Waals surface area contributed by atoms with Crippen molar-refractivity contribution in [2.24, 2.45) is 5.73 Å². The predicted molar refractivity (Wildman–Crippen MR) is 100 cm³/mol. The van der Waals surface area contributed by atoms with E-state index >= 15 is 0 Å². The summed E-state index contributed by atoms with van der Waals surface area (Å²) in [7, 11) is -3.79. The number of rotatable bonds is 5. The standard InChI is InChI=1S/C18H23N3O3S/c1-12-6-5-7-15(10-12)21-25(23,24)16-11-14(9-8-13(16)2)20-17(22)18(3,4)19/h5-11,21H,19H2,1-4H3,(H,20,22). The smallest absolute Gasteiger partial charge is 0.262 e. The molecule has 0 saturated carbocycles. The third-order valence-electron chi connectivity index (χ3n) is 3.59. The van der Waals surface area contributed by atoms with E-state index in [1.165, 1.54) is 6.07 Å². The minimum absolute atomic E-state index is 0.0987. The molecule has 0 aliphatic carbocycles. The van der Waals surface area contributed by atoms with Gasteiger partial charge in [-0.2, -0.15) is 0 Å². The second-order valence-corrected chi connectivity index (χ2v) is 8.28. The molecular formula is C18H23N3O3S. The van der Waals surface area contributed by atoms with Crippen LogP contribution in [0, 0.1) is 13.8 Å². The fraction of sp³-hybridized carbons (Fsp3) is 0.278. The Labute approximate surface area is 148 Å². The highest BCUT2D eigenvalue weighted by atomic mass is 32.2. The zero-order valence-corrected chi connectivity index (χ0v) is 15.6. The first kappa shape index (κ1) is 19.0. The fourth-order valence-electron chi connectivity index (χ4n) is 2.18. The molecule has 0 heterocycles. The number of aryl methyl sites for hydroxylation is 2. The molecule has 7 heteroatoms. The number of nitrogens with two attached hydrogens (primary N) is 1. The van der Waals surface area contributed by atoms with E-state index in [2.05, 4.69) is 10.0 Å². The van der Waals surface area contributed by atoms with Gasteiger partial charge in [-0.25, -0.2) is 8.42 Å². The molecule has 0 spiro atoms. The highest BCUT2D eigenvalue weighted by molar-refractivity contribution is 7.92. The summed E-state index contributed by atoms with van der Waals surface area (Å²) in [4.78, 5) is 12.1. The molecule has 0 unspecified atom stereocenters. The third kappa shape index (κ3) is 4.80. The first-order chi connectivity index (χ1) is 11.5. The average Bonchev–Trinajstić information content (AvgIpc) is 2.47. The van der Waals surface area contributed by atoms with E-state index in [0.29, 0.717) is 16.9 Å². The van der Waals surface area contributed by atoms with Gasteiger partial charge in [-0.3, -0.25) is 9.52 Å². The van der Waals surface area contributed by atoms with Gasteiger partial charge in [0, 0.05) is 11.4 Å². The monoisotopic (exact) mass is 361 g/mol. The Kier molecular flexibility index (Phi) is 5.20. The first-order valence-corrected chi connectivity index (χ1v) is 9.28. The van der Waals surface area contributed by atoms with Gasteiger partial charge in [-0.05, 0) is 63.1 Å². The Hall–Kier alpha value is -2.38. The van der Waals surface area contributed by atoms with Crippen molar-refractivity contribution in [3.63, 3.8) is 0 Å². The van der Waals surface area contributed by atoms with Crippen molar-refractivity contribution in [2.45, 2.75) is 38.1 Å². The minimum Gasteiger partial charge on any atom is -0.324 e. The van der Waals surface area contributed by atoms with Crippen molar-refractivity contribution in [2.75, 3.05) is 10.0 Å². The maximum atomic E-state index is 12.7. The van der Waals surface area contributed by atoms with Crippen LogP contribution in [0.1, 0.15) is 25.0 Å². The van der Waals surface area contributed by atoms with E-state index in [4.69, 9.17) is 5.73 Å². The lowest BCUT2D eigenvalue weighted by molar-refractivity contribution is -0.120. The number of benzene rings is 2. The zero-order valence-electron chi connectivity index (χ0n) is 14.8. The second-order valence-electron chi connectivity index (χ2n) is 6.63. The molecular weight excluding hydrogens is 338 g/mol. The van der Waals surface area contributed by atoms with Gasteiger partial charge in [0.15, 0.2) is 0 Å². The maximum Gasteiger partial charge on any atom is 0.262 e. The van der Waals surface area contributed by atoms with Crippen LogP contribution in [0.5, 0.6) is 0 Å². The summed E-state index contributed by atoms with van der Waals surface area (Å²) in [5.41, 5.74) is 7.07. The predicted octanol–water partition coefficient (Wildman–Crippen LogP) is 2.78. The van der Waals surface area contributed by atoms with Crippen LogP contribution in [0.2, 0.25) is 0 Å². The molecule has 0 atom stereocenters. The van der Waals surface area contributed by atoms with E-state index in [1.807, 2.05) is 13.0 Å². The van der Waals surface area contributed by atoms with Crippen molar-refractivity contribution in [3.05, 3.63) is 53.6 Å². The molecule has 0 fully saturated rings. The van der Waals surface area contributed by atoms with Gasteiger partial charge in [0.25, 0.3) is 10.0 Å². The fourth-order valence-corrected chi connectivity index (χ4v) is 3.50. The van der Waals surface area contributed by atoms with E-state index in [0.717, 1.165) is 5.56 Å². The molecule has 25 heavy (non-hydrogen) atoms. The molecule has 0 aliphatic heterocycles. The Morgan fingerprint density at radius 2 is 1.72 bits per heavy atom. The quantitative estimate of drug-likeness (QED) is 0.762. The van der Waals surface area contributed by atoms with Crippen LogP contribution < -0.4 is 15.8 Å². The molecule has 2 rings (SSSR count). The molecule has 134 valence electrons. The summed E-state index contributed by atoms with van der Waals surface area (Å²) in [6, 6.07) is 11.8. The normalized spacial score (nSPS) is 11.9. The minimum atomic E-state index is -3.79. The van der Waals surface area contributed by atoms with Gasteiger partial charge < -0.3 is 11.1 Å². The van der Waals surface area contributed by atoms with Gasteiger partial charge in [-0.1, -0.05) is 18.2 Å². The number of carbonyl (C=O) groups excluding carboxylic acids is 1. The molecule has 2 aromatic carbocycles. The number of nitrogens with one attached hydrogen (secondary N) is 2. The average molecular weight is 361 g/mol. The number of hydrogen-bond acceptors (Lipinski definition) is 4. The molecule has 0 radical (unpaired) electrons. The van der Waals surface area contributed by atoms with Crippen LogP contribution in [-0.2, 0) is 14.8 Å². The van der Waals surface area contributed by atoms with Crippen molar-refractivity contribution in [3.8, 4) is 0 Å². The third-order valence-corrected chi connectivity index (χ3v) is 5.11. The summed E-state index contributed by atoms with van der Waals surface area (Å²) < 4.78 is 28.0. The van der Waals surface area contributed by atoms with Gasteiger partial charge in [0.1, 0.15) is 0 Å². The summed E-state index contributed by atoms with van der Waals surface area (Å²) in [5, 5.41) is 2.64. The van der Waals surface area contributed by atoms with Crippen LogP contribution in [-0.4, -0.2) is 19.9 Å². The number of hydrogen-bond donors (Lipinski definition) is 3. The molecule has 0 saturated heterocycles. The van der Waals surface area contributed by atoms with Crippen LogP contribution in [0.3, 0.4) is 0 Å². The lowest BCUT2D eigenvalue weighted by Gasteiger charge is -2.18. The van der Waals surface area contributed by atoms with Gasteiger partial charge >= 0.3 is 0 Å². The highest BCUT2D eigenvalue weighted by Crippen LogP contribution is 2.23.